The Morgan fingerprint density at radius 2 is 2.43 bits per heavy atom. The largest absolute Gasteiger partial charge is 0.409 e. The quantitative estimate of drug-likeness (QED) is 0.262. The molecule has 1 heterocycles. The second kappa shape index (κ2) is 4.85. The monoisotopic (exact) mass is 211 g/mol. The van der Waals surface area contributed by atoms with Crippen LogP contribution in [0.1, 0.15) is 18.1 Å². The van der Waals surface area contributed by atoms with Crippen LogP contribution in [0.25, 0.3) is 0 Å². The van der Waals surface area contributed by atoms with Crippen molar-refractivity contribution in [3.05, 3.63) is 23.4 Å². The highest BCUT2D eigenvalue weighted by atomic mass is 32.2. The summed E-state index contributed by atoms with van der Waals surface area (Å²) in [5, 5.41) is 12.4. The van der Waals surface area contributed by atoms with E-state index in [0.29, 0.717) is 5.56 Å². The number of amidine groups is 1. The van der Waals surface area contributed by atoms with Crippen molar-refractivity contribution < 1.29 is 5.21 Å². The van der Waals surface area contributed by atoms with Crippen molar-refractivity contribution in [2.75, 3.05) is 5.75 Å². The topological polar surface area (TPSA) is 71.5 Å². The first-order valence-corrected chi connectivity index (χ1v) is 5.25. The molecule has 4 nitrogen and oxygen atoms in total. The summed E-state index contributed by atoms with van der Waals surface area (Å²) in [6.45, 7) is 4.03. The summed E-state index contributed by atoms with van der Waals surface area (Å²) < 4.78 is 0. The lowest BCUT2D eigenvalue weighted by Gasteiger charge is -2.04. The van der Waals surface area contributed by atoms with E-state index >= 15 is 0 Å². The lowest BCUT2D eigenvalue weighted by Crippen LogP contribution is -2.13. The number of aryl methyl sites for hydroxylation is 1. The Balaban J connectivity index is 3.00. The molecule has 0 saturated carbocycles. The van der Waals surface area contributed by atoms with Gasteiger partial charge in [-0.15, -0.1) is 11.8 Å². The van der Waals surface area contributed by atoms with Gasteiger partial charge in [0.15, 0.2) is 5.84 Å². The molecule has 0 spiro atoms. The molecule has 0 fully saturated rings. The Labute approximate surface area is 87.2 Å². The molecule has 14 heavy (non-hydrogen) atoms. The molecule has 1 aromatic heterocycles. The average molecular weight is 211 g/mol. The van der Waals surface area contributed by atoms with Crippen molar-refractivity contribution in [3.8, 4) is 0 Å². The molecule has 0 saturated heterocycles. The van der Waals surface area contributed by atoms with E-state index < -0.39 is 0 Å². The zero-order valence-corrected chi connectivity index (χ0v) is 9.01. The molecule has 0 unspecified atom stereocenters. The summed E-state index contributed by atoms with van der Waals surface area (Å²) in [7, 11) is 0. The Kier molecular flexibility index (Phi) is 3.76. The Bertz CT molecular complexity index is 352. The minimum atomic E-state index is 0.0913. The van der Waals surface area contributed by atoms with Crippen molar-refractivity contribution in [3.63, 3.8) is 0 Å². The molecule has 0 amide bonds. The highest BCUT2D eigenvalue weighted by Gasteiger charge is 2.04. The van der Waals surface area contributed by atoms with Gasteiger partial charge in [-0.25, -0.2) is 4.98 Å². The zero-order valence-electron chi connectivity index (χ0n) is 8.19. The van der Waals surface area contributed by atoms with Crippen LogP contribution in [0.4, 0.5) is 0 Å². The summed E-state index contributed by atoms with van der Waals surface area (Å²) in [4.78, 5) is 4.23. The number of hydrogen-bond acceptors (Lipinski definition) is 4. The molecule has 0 aliphatic carbocycles. The number of thioether (sulfide) groups is 1. The molecule has 76 valence electrons. The van der Waals surface area contributed by atoms with Crippen LogP contribution < -0.4 is 5.73 Å². The molecular formula is C9H13N3OS. The van der Waals surface area contributed by atoms with Gasteiger partial charge in [-0.1, -0.05) is 12.1 Å². The van der Waals surface area contributed by atoms with E-state index in [9.17, 15) is 0 Å². The van der Waals surface area contributed by atoms with Crippen molar-refractivity contribution in [2.45, 2.75) is 18.9 Å². The van der Waals surface area contributed by atoms with Gasteiger partial charge in [0.1, 0.15) is 0 Å². The number of hydrogen-bond donors (Lipinski definition) is 2. The van der Waals surface area contributed by atoms with Crippen molar-refractivity contribution in [2.24, 2.45) is 10.9 Å². The molecule has 1 aromatic rings. The van der Waals surface area contributed by atoms with Gasteiger partial charge in [0.05, 0.1) is 5.03 Å². The SMILES string of the molecule is CCSc1ncc(/C(N)=N/O)cc1C. The zero-order chi connectivity index (χ0) is 10.6. The molecule has 0 bridgehead atoms. The molecule has 0 aliphatic heterocycles. The summed E-state index contributed by atoms with van der Waals surface area (Å²) in [6, 6.07) is 1.86. The number of nitrogens with zero attached hydrogens (tertiary/aromatic N) is 2. The summed E-state index contributed by atoms with van der Waals surface area (Å²) in [5.74, 6) is 1.07. The van der Waals surface area contributed by atoms with E-state index in [1.807, 2.05) is 13.0 Å². The first-order valence-electron chi connectivity index (χ1n) is 4.26. The van der Waals surface area contributed by atoms with E-state index in [1.165, 1.54) is 0 Å². The minimum Gasteiger partial charge on any atom is -0.409 e. The van der Waals surface area contributed by atoms with Crippen LogP contribution >= 0.6 is 11.8 Å². The van der Waals surface area contributed by atoms with Gasteiger partial charge in [-0.2, -0.15) is 0 Å². The van der Waals surface area contributed by atoms with Crippen molar-refractivity contribution in [1.29, 1.82) is 0 Å². The maximum atomic E-state index is 8.48. The van der Waals surface area contributed by atoms with Gasteiger partial charge < -0.3 is 10.9 Å². The summed E-state index contributed by atoms with van der Waals surface area (Å²) in [5.41, 5.74) is 7.13. The predicted molar refractivity (Wildman–Crippen MR) is 57.9 cm³/mol. The van der Waals surface area contributed by atoms with Gasteiger partial charge in [0, 0.05) is 11.8 Å². The third-order valence-corrected chi connectivity index (χ3v) is 2.70. The average Bonchev–Trinajstić information content (AvgIpc) is 2.20. The Hall–Kier alpha value is -1.23. The smallest absolute Gasteiger partial charge is 0.171 e. The van der Waals surface area contributed by atoms with E-state index in [4.69, 9.17) is 10.9 Å². The van der Waals surface area contributed by atoms with Crippen molar-refractivity contribution in [1.82, 2.24) is 4.98 Å². The number of oxime groups is 1. The normalized spacial score (nSPS) is 11.7. The van der Waals surface area contributed by atoms with Crippen LogP contribution in [-0.4, -0.2) is 21.8 Å². The van der Waals surface area contributed by atoms with Gasteiger partial charge in [0.2, 0.25) is 0 Å². The molecule has 1 rings (SSSR count). The van der Waals surface area contributed by atoms with Crippen LogP contribution in [0.15, 0.2) is 22.4 Å². The van der Waals surface area contributed by atoms with Crippen LogP contribution in [0.5, 0.6) is 0 Å². The first kappa shape index (κ1) is 10.8. The Morgan fingerprint density at radius 3 is 2.93 bits per heavy atom. The van der Waals surface area contributed by atoms with Crippen LogP contribution in [0.3, 0.4) is 0 Å². The van der Waals surface area contributed by atoms with Gasteiger partial charge in [-0.3, -0.25) is 0 Å². The third-order valence-electron chi connectivity index (χ3n) is 1.71. The van der Waals surface area contributed by atoms with E-state index in [1.54, 1.807) is 18.0 Å². The second-order valence-corrected chi connectivity index (χ2v) is 4.02. The van der Waals surface area contributed by atoms with E-state index in [-0.39, 0.29) is 5.84 Å². The summed E-state index contributed by atoms with van der Waals surface area (Å²) >= 11 is 1.68. The fourth-order valence-corrected chi connectivity index (χ4v) is 1.74. The van der Waals surface area contributed by atoms with Gasteiger partial charge >= 0.3 is 0 Å². The van der Waals surface area contributed by atoms with Gasteiger partial charge in [0.25, 0.3) is 0 Å². The fourth-order valence-electron chi connectivity index (χ4n) is 1.05. The molecule has 5 heteroatoms. The molecule has 0 radical (unpaired) electrons. The van der Waals surface area contributed by atoms with E-state index in [0.717, 1.165) is 16.3 Å². The van der Waals surface area contributed by atoms with Crippen molar-refractivity contribution >= 4 is 17.6 Å². The molecule has 0 aromatic carbocycles. The summed E-state index contributed by atoms with van der Waals surface area (Å²) in [6.07, 6.45) is 1.61. The van der Waals surface area contributed by atoms with E-state index in [2.05, 4.69) is 17.1 Å². The van der Waals surface area contributed by atoms with Crippen LogP contribution in [0, 0.1) is 6.92 Å². The predicted octanol–water partition coefficient (Wildman–Crippen LogP) is 1.60. The lowest BCUT2D eigenvalue weighted by atomic mass is 10.2. The molecule has 0 atom stereocenters. The number of nitrogens with two attached hydrogens (primary N) is 1. The van der Waals surface area contributed by atoms with Crippen LogP contribution in [-0.2, 0) is 0 Å². The number of pyridine rings is 1. The third kappa shape index (κ3) is 2.38. The lowest BCUT2D eigenvalue weighted by molar-refractivity contribution is 0.318. The second-order valence-electron chi connectivity index (χ2n) is 2.76. The molecular weight excluding hydrogens is 198 g/mol. The highest BCUT2D eigenvalue weighted by Crippen LogP contribution is 2.19. The fraction of sp³-hybridized carbons (Fsp3) is 0.333. The Morgan fingerprint density at radius 1 is 1.71 bits per heavy atom. The maximum Gasteiger partial charge on any atom is 0.171 e. The number of aromatic nitrogens is 1. The van der Waals surface area contributed by atoms with Crippen LogP contribution in [0.2, 0.25) is 0 Å². The molecule has 3 N–H and O–H groups in total. The number of rotatable bonds is 3. The maximum absolute atomic E-state index is 8.48. The minimum absolute atomic E-state index is 0.0913. The highest BCUT2D eigenvalue weighted by molar-refractivity contribution is 7.99. The standard InChI is InChI=1S/C9H13N3OS/c1-3-14-9-6(2)4-7(5-11-9)8(10)12-13/h4-5,13H,3H2,1-2H3,(H2,10,12). The first-order chi connectivity index (χ1) is 6.69. The molecule has 0 aliphatic rings. The van der Waals surface area contributed by atoms with Gasteiger partial charge in [-0.05, 0) is 24.3 Å².